The molecule has 0 aliphatic carbocycles. The molecule has 7 nitrogen and oxygen atoms in total. The zero-order valence-electron chi connectivity index (χ0n) is 15.8. The highest BCUT2D eigenvalue weighted by atomic mass is 32.2. The van der Waals surface area contributed by atoms with Crippen LogP contribution in [0.1, 0.15) is 18.1 Å². The molecule has 2 saturated heterocycles. The predicted molar refractivity (Wildman–Crippen MR) is 102 cm³/mol. The molecule has 27 heavy (non-hydrogen) atoms. The maximum absolute atomic E-state index is 13.1. The van der Waals surface area contributed by atoms with Crippen molar-refractivity contribution in [2.24, 2.45) is 7.05 Å². The molecule has 0 spiro atoms. The molecule has 8 heteroatoms. The van der Waals surface area contributed by atoms with Gasteiger partial charge in [0.05, 0.1) is 29.8 Å². The second-order valence-corrected chi connectivity index (χ2v) is 9.23. The molecule has 2 aliphatic rings. The summed E-state index contributed by atoms with van der Waals surface area (Å²) in [6, 6.07) is 7.28. The first-order valence-corrected chi connectivity index (χ1v) is 10.8. The van der Waals surface area contributed by atoms with E-state index in [2.05, 4.69) is 16.9 Å². The van der Waals surface area contributed by atoms with E-state index >= 15 is 0 Å². The first-order valence-electron chi connectivity index (χ1n) is 9.39. The monoisotopic (exact) mass is 390 g/mol. The number of nitrogens with zero attached hydrogens (tertiary/aromatic N) is 4. The van der Waals surface area contributed by atoms with E-state index in [0.29, 0.717) is 24.6 Å². The summed E-state index contributed by atoms with van der Waals surface area (Å²) in [6.45, 7) is 5.12. The van der Waals surface area contributed by atoms with E-state index in [1.807, 2.05) is 31.6 Å². The van der Waals surface area contributed by atoms with E-state index in [4.69, 9.17) is 4.74 Å². The fraction of sp³-hybridized carbons (Fsp3) is 0.526. The Morgan fingerprint density at radius 3 is 2.63 bits per heavy atom. The van der Waals surface area contributed by atoms with Crippen LogP contribution in [-0.2, 0) is 34.8 Å². The van der Waals surface area contributed by atoms with E-state index in [1.54, 1.807) is 21.1 Å². The van der Waals surface area contributed by atoms with Crippen molar-refractivity contribution in [3.63, 3.8) is 0 Å². The quantitative estimate of drug-likeness (QED) is 0.769. The third-order valence-electron chi connectivity index (χ3n) is 5.50. The van der Waals surface area contributed by atoms with Crippen molar-refractivity contribution in [1.29, 1.82) is 0 Å². The lowest BCUT2D eigenvalue weighted by molar-refractivity contribution is -0.0502. The van der Waals surface area contributed by atoms with Crippen LogP contribution in [0.4, 0.5) is 0 Å². The Hall–Kier alpha value is -1.74. The minimum absolute atomic E-state index is 0.0728. The SMILES string of the molecule is CCc1ccc(S(=O)(=O)N2C[C@@H]3OCCN(Cc4cnn(C)c4)[C@@H]3C2)cc1. The fourth-order valence-electron chi connectivity index (χ4n) is 3.95. The van der Waals surface area contributed by atoms with Crippen LogP contribution in [0.2, 0.25) is 0 Å². The molecule has 4 rings (SSSR count). The molecule has 0 bridgehead atoms. The average Bonchev–Trinajstić information content (AvgIpc) is 3.29. The summed E-state index contributed by atoms with van der Waals surface area (Å²) in [4.78, 5) is 2.68. The number of rotatable bonds is 5. The fourth-order valence-corrected chi connectivity index (χ4v) is 5.42. The summed E-state index contributed by atoms with van der Waals surface area (Å²) in [7, 11) is -1.60. The van der Waals surface area contributed by atoms with E-state index in [-0.39, 0.29) is 12.1 Å². The Morgan fingerprint density at radius 2 is 1.96 bits per heavy atom. The number of hydrogen-bond donors (Lipinski definition) is 0. The van der Waals surface area contributed by atoms with Crippen LogP contribution in [-0.4, -0.2) is 65.8 Å². The van der Waals surface area contributed by atoms with Gasteiger partial charge in [-0.1, -0.05) is 19.1 Å². The summed E-state index contributed by atoms with van der Waals surface area (Å²) < 4.78 is 35.4. The van der Waals surface area contributed by atoms with Gasteiger partial charge in [-0.25, -0.2) is 8.42 Å². The van der Waals surface area contributed by atoms with Crippen LogP contribution in [0.25, 0.3) is 0 Å². The molecule has 1 aromatic heterocycles. The molecule has 0 N–H and O–H groups in total. The van der Waals surface area contributed by atoms with Crippen molar-refractivity contribution in [2.45, 2.75) is 36.9 Å². The van der Waals surface area contributed by atoms with Crippen molar-refractivity contribution >= 4 is 10.0 Å². The zero-order chi connectivity index (χ0) is 19.0. The topological polar surface area (TPSA) is 67.7 Å². The molecule has 2 aromatic rings. The number of morpholine rings is 1. The van der Waals surface area contributed by atoms with Crippen LogP contribution in [0.5, 0.6) is 0 Å². The molecule has 1 aromatic carbocycles. The van der Waals surface area contributed by atoms with Crippen molar-refractivity contribution < 1.29 is 13.2 Å². The Kier molecular flexibility index (Phi) is 5.07. The molecule has 146 valence electrons. The van der Waals surface area contributed by atoms with Gasteiger partial charge in [0.25, 0.3) is 0 Å². The summed E-state index contributed by atoms with van der Waals surface area (Å²) >= 11 is 0. The zero-order valence-corrected chi connectivity index (χ0v) is 16.6. The smallest absolute Gasteiger partial charge is 0.243 e. The van der Waals surface area contributed by atoms with Crippen LogP contribution in [0.3, 0.4) is 0 Å². The molecule has 0 saturated carbocycles. The second-order valence-electron chi connectivity index (χ2n) is 7.29. The minimum atomic E-state index is -3.50. The van der Waals surface area contributed by atoms with E-state index in [9.17, 15) is 8.42 Å². The standard InChI is InChI=1S/C19H26N4O3S/c1-3-15-4-6-17(7-5-15)27(24,25)23-13-18-19(14-23)26-9-8-22(18)12-16-10-20-21(2)11-16/h4-7,10-11,18-19H,3,8-9,12-14H2,1-2H3/t18-,19+/m1/s1. The van der Waals surface area contributed by atoms with Crippen molar-refractivity contribution in [1.82, 2.24) is 19.0 Å². The molecule has 0 amide bonds. The van der Waals surface area contributed by atoms with Gasteiger partial charge in [0.15, 0.2) is 0 Å². The van der Waals surface area contributed by atoms with Crippen LogP contribution in [0, 0.1) is 0 Å². The highest BCUT2D eigenvalue weighted by Gasteiger charge is 2.44. The second kappa shape index (κ2) is 7.35. The Labute approximate surface area is 160 Å². The number of hydrogen-bond acceptors (Lipinski definition) is 5. The molecular formula is C19H26N4O3S. The number of fused-ring (bicyclic) bond motifs is 1. The summed E-state index contributed by atoms with van der Waals surface area (Å²) in [6.07, 6.45) is 4.68. The van der Waals surface area contributed by atoms with E-state index in [1.165, 1.54) is 0 Å². The largest absolute Gasteiger partial charge is 0.374 e. The first kappa shape index (κ1) is 18.6. The summed E-state index contributed by atoms with van der Waals surface area (Å²) in [5.41, 5.74) is 2.27. The number of ether oxygens (including phenoxy) is 1. The van der Waals surface area contributed by atoms with Crippen molar-refractivity contribution in [3.05, 3.63) is 47.8 Å². The Morgan fingerprint density at radius 1 is 1.19 bits per heavy atom. The lowest BCUT2D eigenvalue weighted by Gasteiger charge is -2.36. The van der Waals surface area contributed by atoms with Gasteiger partial charge < -0.3 is 4.74 Å². The lowest BCUT2D eigenvalue weighted by atomic mass is 10.1. The van der Waals surface area contributed by atoms with E-state index < -0.39 is 10.0 Å². The Bertz CT molecular complexity index is 894. The van der Waals surface area contributed by atoms with Gasteiger partial charge in [-0.15, -0.1) is 0 Å². The van der Waals surface area contributed by atoms with Gasteiger partial charge in [-0.3, -0.25) is 9.58 Å². The number of aryl methyl sites for hydroxylation is 2. The molecule has 2 atom stereocenters. The van der Waals surface area contributed by atoms with Crippen molar-refractivity contribution in [3.8, 4) is 0 Å². The highest BCUT2D eigenvalue weighted by Crippen LogP contribution is 2.29. The highest BCUT2D eigenvalue weighted by molar-refractivity contribution is 7.89. The maximum atomic E-state index is 13.1. The van der Waals surface area contributed by atoms with Gasteiger partial charge in [0.2, 0.25) is 10.0 Å². The minimum Gasteiger partial charge on any atom is -0.374 e. The summed E-state index contributed by atoms with van der Waals surface area (Å²) in [5.74, 6) is 0. The lowest BCUT2D eigenvalue weighted by Crippen LogP contribution is -2.50. The molecular weight excluding hydrogens is 364 g/mol. The third-order valence-corrected chi connectivity index (χ3v) is 7.34. The molecule has 3 heterocycles. The van der Waals surface area contributed by atoms with Gasteiger partial charge in [0.1, 0.15) is 0 Å². The molecule has 0 radical (unpaired) electrons. The van der Waals surface area contributed by atoms with Crippen LogP contribution in [0.15, 0.2) is 41.6 Å². The predicted octanol–water partition coefficient (Wildman–Crippen LogP) is 1.26. The number of sulfonamides is 1. The van der Waals surface area contributed by atoms with Gasteiger partial charge in [0, 0.05) is 45.0 Å². The molecule has 2 fully saturated rings. The van der Waals surface area contributed by atoms with E-state index in [0.717, 1.165) is 30.6 Å². The Balaban J connectivity index is 1.51. The van der Waals surface area contributed by atoms with Gasteiger partial charge >= 0.3 is 0 Å². The van der Waals surface area contributed by atoms with Crippen LogP contribution >= 0.6 is 0 Å². The van der Waals surface area contributed by atoms with Gasteiger partial charge in [-0.2, -0.15) is 9.40 Å². The first-order chi connectivity index (χ1) is 13.0. The maximum Gasteiger partial charge on any atom is 0.243 e. The van der Waals surface area contributed by atoms with Gasteiger partial charge in [-0.05, 0) is 24.1 Å². The summed E-state index contributed by atoms with van der Waals surface area (Å²) in [5, 5.41) is 4.23. The third kappa shape index (κ3) is 3.67. The molecule has 2 aliphatic heterocycles. The van der Waals surface area contributed by atoms with Crippen LogP contribution < -0.4 is 0 Å². The molecule has 0 unspecified atom stereocenters. The van der Waals surface area contributed by atoms with Crippen molar-refractivity contribution in [2.75, 3.05) is 26.2 Å². The number of aromatic nitrogens is 2. The average molecular weight is 391 g/mol. The number of benzene rings is 1. The normalized spacial score (nSPS) is 24.2.